The van der Waals surface area contributed by atoms with E-state index >= 15 is 0 Å². The van der Waals surface area contributed by atoms with Crippen LogP contribution in [0.15, 0.2) is 53.7 Å². The Morgan fingerprint density at radius 3 is 2.38 bits per heavy atom. The zero-order valence-electron chi connectivity index (χ0n) is 14.5. The van der Waals surface area contributed by atoms with Crippen molar-refractivity contribution in [1.82, 2.24) is 20.2 Å². The van der Waals surface area contributed by atoms with E-state index in [4.69, 9.17) is 8.92 Å². The van der Waals surface area contributed by atoms with Crippen molar-refractivity contribution in [2.75, 3.05) is 0 Å². The van der Waals surface area contributed by atoms with Crippen LogP contribution in [0, 0.1) is 6.92 Å². The zero-order chi connectivity index (χ0) is 18.7. The Kier molecular flexibility index (Phi) is 4.90. The molecule has 0 saturated heterocycles. The number of aromatic nitrogens is 4. The van der Waals surface area contributed by atoms with Crippen LogP contribution in [0.25, 0.3) is 5.69 Å². The molecule has 3 aromatic rings. The SMILES string of the molecule is Cc1cc(S(=O)(=O)Oc2ccc(-n3cnnn3)cc2)ccc1OC(C)C. The van der Waals surface area contributed by atoms with Crippen LogP contribution in [-0.4, -0.2) is 34.7 Å². The van der Waals surface area contributed by atoms with Crippen molar-refractivity contribution in [2.24, 2.45) is 0 Å². The van der Waals surface area contributed by atoms with Crippen molar-refractivity contribution in [3.8, 4) is 17.2 Å². The summed E-state index contributed by atoms with van der Waals surface area (Å²) in [4.78, 5) is 0.0654. The molecule has 0 saturated carbocycles. The van der Waals surface area contributed by atoms with Gasteiger partial charge in [-0.05, 0) is 79.2 Å². The molecule has 0 atom stereocenters. The third-order valence-corrected chi connectivity index (χ3v) is 4.70. The first-order valence-corrected chi connectivity index (χ1v) is 9.31. The molecule has 0 bridgehead atoms. The maximum Gasteiger partial charge on any atom is 0.339 e. The van der Waals surface area contributed by atoms with Gasteiger partial charge in [-0.2, -0.15) is 8.42 Å². The predicted octanol–water partition coefficient (Wildman–Crippen LogP) is 2.53. The molecule has 136 valence electrons. The molecule has 0 amide bonds. The summed E-state index contributed by atoms with van der Waals surface area (Å²) in [6.45, 7) is 5.61. The predicted molar refractivity (Wildman–Crippen MR) is 93.9 cm³/mol. The van der Waals surface area contributed by atoms with Gasteiger partial charge in [-0.15, -0.1) is 5.10 Å². The zero-order valence-corrected chi connectivity index (χ0v) is 15.3. The highest BCUT2D eigenvalue weighted by molar-refractivity contribution is 7.87. The Bertz CT molecular complexity index is 984. The molecule has 0 fully saturated rings. The lowest BCUT2D eigenvalue weighted by Gasteiger charge is -2.14. The fourth-order valence-corrected chi connectivity index (χ4v) is 3.29. The lowest BCUT2D eigenvalue weighted by atomic mass is 10.2. The number of nitrogens with zero attached hydrogens (tertiary/aromatic N) is 4. The molecular formula is C17H18N4O4S. The van der Waals surface area contributed by atoms with Gasteiger partial charge in [-0.1, -0.05) is 0 Å². The standard InChI is InChI=1S/C17H18N4O4S/c1-12(2)24-17-9-8-16(10-13(17)3)26(22,23)25-15-6-4-14(5-7-15)21-11-18-19-20-21/h4-12H,1-3H3. The van der Waals surface area contributed by atoms with Gasteiger partial charge in [0.1, 0.15) is 22.7 Å². The minimum Gasteiger partial charge on any atom is -0.491 e. The van der Waals surface area contributed by atoms with E-state index in [1.165, 1.54) is 35.3 Å². The highest BCUT2D eigenvalue weighted by Crippen LogP contribution is 2.25. The summed E-state index contributed by atoms with van der Waals surface area (Å²) in [6, 6.07) is 11.0. The molecule has 1 heterocycles. The summed E-state index contributed by atoms with van der Waals surface area (Å²) in [5.41, 5.74) is 1.41. The second-order valence-electron chi connectivity index (χ2n) is 5.88. The number of ether oxygens (including phenoxy) is 1. The number of hydrogen-bond acceptors (Lipinski definition) is 7. The molecule has 0 radical (unpaired) electrons. The molecule has 8 nitrogen and oxygen atoms in total. The van der Waals surface area contributed by atoms with Crippen LogP contribution in [0.3, 0.4) is 0 Å². The number of tetrazole rings is 1. The third kappa shape index (κ3) is 3.99. The smallest absolute Gasteiger partial charge is 0.339 e. The summed E-state index contributed by atoms with van der Waals surface area (Å²) in [5, 5.41) is 10.9. The van der Waals surface area contributed by atoms with Crippen molar-refractivity contribution >= 4 is 10.1 Å². The number of rotatable bonds is 6. The number of aryl methyl sites for hydroxylation is 1. The van der Waals surface area contributed by atoms with Gasteiger partial charge < -0.3 is 8.92 Å². The summed E-state index contributed by atoms with van der Waals surface area (Å²) < 4.78 is 37.3. The van der Waals surface area contributed by atoms with E-state index in [1.54, 1.807) is 25.1 Å². The molecule has 0 aliphatic rings. The van der Waals surface area contributed by atoms with E-state index in [2.05, 4.69) is 15.5 Å². The van der Waals surface area contributed by atoms with E-state index in [9.17, 15) is 8.42 Å². The van der Waals surface area contributed by atoms with Gasteiger partial charge in [0.2, 0.25) is 0 Å². The van der Waals surface area contributed by atoms with Crippen LogP contribution in [-0.2, 0) is 10.1 Å². The van der Waals surface area contributed by atoms with Crippen LogP contribution in [0.5, 0.6) is 11.5 Å². The second-order valence-corrected chi connectivity index (χ2v) is 7.43. The van der Waals surface area contributed by atoms with Gasteiger partial charge in [0.15, 0.2) is 0 Å². The Labute approximate surface area is 151 Å². The lowest BCUT2D eigenvalue weighted by molar-refractivity contribution is 0.240. The van der Waals surface area contributed by atoms with Crippen LogP contribution >= 0.6 is 0 Å². The topological polar surface area (TPSA) is 96.2 Å². The van der Waals surface area contributed by atoms with Gasteiger partial charge in [0, 0.05) is 0 Å². The lowest BCUT2D eigenvalue weighted by Crippen LogP contribution is -2.11. The number of hydrogen-bond donors (Lipinski definition) is 0. The molecule has 2 aromatic carbocycles. The van der Waals surface area contributed by atoms with E-state index < -0.39 is 10.1 Å². The molecule has 0 spiro atoms. The third-order valence-electron chi connectivity index (χ3n) is 3.45. The molecule has 26 heavy (non-hydrogen) atoms. The fourth-order valence-electron chi connectivity index (χ4n) is 2.27. The summed E-state index contributed by atoms with van der Waals surface area (Å²) in [6.07, 6.45) is 1.45. The normalized spacial score (nSPS) is 11.5. The molecule has 0 unspecified atom stereocenters. The maximum atomic E-state index is 12.5. The quantitative estimate of drug-likeness (QED) is 0.612. The highest BCUT2D eigenvalue weighted by atomic mass is 32.2. The van der Waals surface area contributed by atoms with Crippen molar-refractivity contribution in [3.05, 3.63) is 54.4 Å². The fraction of sp³-hybridized carbons (Fsp3) is 0.235. The van der Waals surface area contributed by atoms with Crippen molar-refractivity contribution in [1.29, 1.82) is 0 Å². The molecule has 3 rings (SSSR count). The average Bonchev–Trinajstić information content (AvgIpc) is 3.11. The van der Waals surface area contributed by atoms with Crippen LogP contribution in [0.1, 0.15) is 19.4 Å². The Morgan fingerprint density at radius 1 is 1.08 bits per heavy atom. The first kappa shape index (κ1) is 17.9. The Hall–Kier alpha value is -2.94. The van der Waals surface area contributed by atoms with Gasteiger partial charge in [0.25, 0.3) is 0 Å². The average molecular weight is 374 g/mol. The maximum absolute atomic E-state index is 12.5. The minimum absolute atomic E-state index is 0.00566. The highest BCUT2D eigenvalue weighted by Gasteiger charge is 2.18. The van der Waals surface area contributed by atoms with E-state index in [-0.39, 0.29) is 16.7 Å². The molecule has 0 aliphatic heterocycles. The molecule has 0 aliphatic carbocycles. The van der Waals surface area contributed by atoms with Crippen LogP contribution in [0.2, 0.25) is 0 Å². The van der Waals surface area contributed by atoms with Crippen LogP contribution in [0.4, 0.5) is 0 Å². The molecular weight excluding hydrogens is 356 g/mol. The molecule has 9 heteroatoms. The van der Waals surface area contributed by atoms with Gasteiger partial charge in [-0.25, -0.2) is 4.68 Å². The summed E-state index contributed by atoms with van der Waals surface area (Å²) >= 11 is 0. The van der Waals surface area contributed by atoms with Crippen molar-refractivity contribution < 1.29 is 17.3 Å². The van der Waals surface area contributed by atoms with Crippen molar-refractivity contribution in [2.45, 2.75) is 31.8 Å². The van der Waals surface area contributed by atoms with Crippen LogP contribution < -0.4 is 8.92 Å². The minimum atomic E-state index is -3.95. The first-order valence-electron chi connectivity index (χ1n) is 7.90. The van der Waals surface area contributed by atoms with Gasteiger partial charge >= 0.3 is 10.1 Å². The Morgan fingerprint density at radius 2 is 1.81 bits per heavy atom. The summed E-state index contributed by atoms with van der Waals surface area (Å²) in [5.74, 6) is 0.840. The monoisotopic (exact) mass is 374 g/mol. The molecule has 0 N–H and O–H groups in total. The van der Waals surface area contributed by atoms with E-state index in [1.807, 2.05) is 13.8 Å². The number of benzene rings is 2. The van der Waals surface area contributed by atoms with Gasteiger partial charge in [-0.3, -0.25) is 0 Å². The Balaban J connectivity index is 1.79. The first-order chi connectivity index (χ1) is 12.3. The van der Waals surface area contributed by atoms with E-state index in [0.717, 1.165) is 5.56 Å². The summed E-state index contributed by atoms with van der Waals surface area (Å²) in [7, 11) is -3.95. The van der Waals surface area contributed by atoms with Gasteiger partial charge in [0.05, 0.1) is 11.8 Å². The molecule has 1 aromatic heterocycles. The van der Waals surface area contributed by atoms with E-state index in [0.29, 0.717) is 11.4 Å². The largest absolute Gasteiger partial charge is 0.491 e. The van der Waals surface area contributed by atoms with Crippen molar-refractivity contribution in [3.63, 3.8) is 0 Å². The second kappa shape index (κ2) is 7.12.